The summed E-state index contributed by atoms with van der Waals surface area (Å²) in [4.78, 5) is 12.4. The van der Waals surface area contributed by atoms with E-state index < -0.39 is 10.0 Å². The van der Waals surface area contributed by atoms with E-state index in [0.29, 0.717) is 16.3 Å². The van der Waals surface area contributed by atoms with Crippen LogP contribution in [0, 0.1) is 34.6 Å². The minimum absolute atomic E-state index is 0.00571. The van der Waals surface area contributed by atoms with Crippen LogP contribution in [0.1, 0.15) is 34.2 Å². The Morgan fingerprint density at radius 3 is 2.00 bits per heavy atom. The van der Waals surface area contributed by atoms with Gasteiger partial charge < -0.3 is 11.1 Å². The van der Waals surface area contributed by atoms with Crippen LogP contribution in [0.5, 0.6) is 0 Å². The van der Waals surface area contributed by atoms with Crippen LogP contribution in [0.3, 0.4) is 0 Å². The zero-order chi connectivity index (χ0) is 20.4. The molecule has 6 nitrogen and oxygen atoms in total. The Labute approximate surface area is 161 Å². The first-order valence-electron chi connectivity index (χ1n) is 8.77. The van der Waals surface area contributed by atoms with E-state index in [1.807, 2.05) is 34.6 Å². The smallest absolute Gasteiger partial charge is 0.241 e. The van der Waals surface area contributed by atoms with Crippen molar-refractivity contribution in [1.82, 2.24) is 4.72 Å². The van der Waals surface area contributed by atoms with E-state index in [0.717, 1.165) is 27.8 Å². The van der Waals surface area contributed by atoms with Crippen LogP contribution >= 0.6 is 0 Å². The molecule has 27 heavy (non-hydrogen) atoms. The van der Waals surface area contributed by atoms with E-state index in [2.05, 4.69) is 10.0 Å². The van der Waals surface area contributed by atoms with Crippen LogP contribution in [0.25, 0.3) is 0 Å². The predicted molar refractivity (Wildman–Crippen MR) is 109 cm³/mol. The van der Waals surface area contributed by atoms with E-state index in [1.54, 1.807) is 24.3 Å². The van der Waals surface area contributed by atoms with E-state index in [1.165, 1.54) is 0 Å². The second-order valence-corrected chi connectivity index (χ2v) is 8.44. The molecule has 0 atom stereocenters. The predicted octanol–water partition coefficient (Wildman–Crippen LogP) is 3.12. The fraction of sp³-hybridized carbons (Fsp3) is 0.350. The maximum absolute atomic E-state index is 12.8. The van der Waals surface area contributed by atoms with Crippen molar-refractivity contribution in [3.05, 3.63) is 52.1 Å². The average Bonchev–Trinajstić information content (AvgIpc) is 2.60. The van der Waals surface area contributed by atoms with E-state index >= 15 is 0 Å². The molecule has 0 fully saturated rings. The highest BCUT2D eigenvalue weighted by Crippen LogP contribution is 2.29. The fourth-order valence-electron chi connectivity index (χ4n) is 3.06. The number of amides is 1. The number of benzene rings is 2. The summed E-state index contributed by atoms with van der Waals surface area (Å²) in [6.07, 6.45) is 0.00941. The van der Waals surface area contributed by atoms with Crippen molar-refractivity contribution in [1.29, 1.82) is 0 Å². The molecule has 2 rings (SSSR count). The van der Waals surface area contributed by atoms with E-state index in [9.17, 15) is 13.2 Å². The molecule has 146 valence electrons. The highest BCUT2D eigenvalue weighted by atomic mass is 32.2. The number of carbonyl (C=O) groups is 1. The zero-order valence-corrected chi connectivity index (χ0v) is 17.3. The van der Waals surface area contributed by atoms with E-state index in [-0.39, 0.29) is 18.9 Å². The number of anilines is 2. The minimum Gasteiger partial charge on any atom is -0.397 e. The normalized spacial score (nSPS) is 11.4. The van der Waals surface area contributed by atoms with Crippen molar-refractivity contribution in [3.8, 4) is 0 Å². The first-order chi connectivity index (χ1) is 12.6. The maximum atomic E-state index is 12.8. The topological polar surface area (TPSA) is 101 Å². The molecule has 0 spiro atoms. The molecule has 0 saturated carbocycles. The van der Waals surface area contributed by atoms with Crippen molar-refractivity contribution in [2.75, 3.05) is 17.6 Å². The minimum atomic E-state index is -3.71. The number of rotatable bonds is 6. The average molecular weight is 390 g/mol. The van der Waals surface area contributed by atoms with Gasteiger partial charge in [-0.2, -0.15) is 0 Å². The molecule has 0 radical (unpaired) electrons. The van der Waals surface area contributed by atoms with Gasteiger partial charge in [0, 0.05) is 13.0 Å². The van der Waals surface area contributed by atoms with Gasteiger partial charge >= 0.3 is 0 Å². The Morgan fingerprint density at radius 1 is 0.926 bits per heavy atom. The highest BCUT2D eigenvalue weighted by molar-refractivity contribution is 7.89. The first-order valence-corrected chi connectivity index (χ1v) is 10.3. The van der Waals surface area contributed by atoms with Gasteiger partial charge in [-0.1, -0.05) is 12.1 Å². The van der Waals surface area contributed by atoms with Crippen molar-refractivity contribution in [2.45, 2.75) is 45.9 Å². The van der Waals surface area contributed by atoms with Crippen molar-refractivity contribution in [3.63, 3.8) is 0 Å². The summed E-state index contributed by atoms with van der Waals surface area (Å²) < 4.78 is 28.2. The number of nitrogens with one attached hydrogen (secondary N) is 2. The zero-order valence-electron chi connectivity index (χ0n) is 16.4. The standard InChI is InChI=1S/C20H27N3O3S/c1-12-13(2)15(4)20(16(5)14(12)3)27(25,26)22-11-10-19(24)23-18-9-7-6-8-17(18)21/h6-9,22H,10-11,21H2,1-5H3,(H,23,24). The Balaban J connectivity index is 2.10. The highest BCUT2D eigenvalue weighted by Gasteiger charge is 2.23. The third-order valence-electron chi connectivity index (χ3n) is 5.08. The van der Waals surface area contributed by atoms with Gasteiger partial charge in [0.05, 0.1) is 16.3 Å². The number of hydrogen-bond acceptors (Lipinski definition) is 4. The Morgan fingerprint density at radius 2 is 1.44 bits per heavy atom. The second-order valence-electron chi connectivity index (χ2n) is 6.74. The van der Waals surface area contributed by atoms with Crippen LogP contribution in [0.4, 0.5) is 11.4 Å². The first kappa shape index (κ1) is 20.9. The lowest BCUT2D eigenvalue weighted by molar-refractivity contribution is -0.116. The quantitative estimate of drug-likeness (QED) is 0.661. The third-order valence-corrected chi connectivity index (χ3v) is 6.81. The van der Waals surface area contributed by atoms with Crippen LogP contribution in [0.15, 0.2) is 29.2 Å². The van der Waals surface area contributed by atoms with Gasteiger partial charge in [-0.3, -0.25) is 4.79 Å². The summed E-state index contributed by atoms with van der Waals surface area (Å²) in [6, 6.07) is 6.92. The van der Waals surface area contributed by atoms with Crippen LogP contribution < -0.4 is 15.8 Å². The number of para-hydroxylation sites is 2. The molecule has 0 saturated heterocycles. The SMILES string of the molecule is Cc1c(C)c(C)c(S(=O)(=O)NCCC(=O)Nc2ccccc2N)c(C)c1C. The molecule has 0 aliphatic carbocycles. The molecular weight excluding hydrogens is 362 g/mol. The van der Waals surface area contributed by atoms with Crippen molar-refractivity contribution >= 4 is 27.3 Å². The van der Waals surface area contributed by atoms with Crippen molar-refractivity contribution in [2.24, 2.45) is 0 Å². The molecular formula is C20H27N3O3S. The summed E-state index contributed by atoms with van der Waals surface area (Å²) in [6.45, 7) is 9.48. The largest absolute Gasteiger partial charge is 0.397 e. The number of nitrogens with two attached hydrogens (primary N) is 1. The molecule has 0 aliphatic rings. The Kier molecular flexibility index (Phi) is 6.28. The molecule has 2 aromatic carbocycles. The number of nitrogen functional groups attached to an aromatic ring is 1. The third kappa shape index (κ3) is 4.48. The van der Waals surface area contributed by atoms with Gasteiger partial charge in [0.25, 0.3) is 0 Å². The lowest BCUT2D eigenvalue weighted by atomic mass is 9.95. The van der Waals surface area contributed by atoms with Gasteiger partial charge in [-0.05, 0) is 74.6 Å². The van der Waals surface area contributed by atoms with Gasteiger partial charge in [-0.25, -0.2) is 13.1 Å². The summed E-state index contributed by atoms with van der Waals surface area (Å²) in [7, 11) is -3.71. The van der Waals surface area contributed by atoms with Gasteiger partial charge in [-0.15, -0.1) is 0 Å². The summed E-state index contributed by atoms with van der Waals surface area (Å²) in [5.41, 5.74) is 11.3. The second kappa shape index (κ2) is 8.10. The van der Waals surface area contributed by atoms with E-state index in [4.69, 9.17) is 5.73 Å². The summed E-state index contributed by atoms with van der Waals surface area (Å²) in [5, 5.41) is 2.69. The van der Waals surface area contributed by atoms with Gasteiger partial charge in [0.2, 0.25) is 15.9 Å². The molecule has 0 aromatic heterocycles. The van der Waals surface area contributed by atoms with Gasteiger partial charge in [0.1, 0.15) is 0 Å². The molecule has 0 bridgehead atoms. The molecule has 1 amide bonds. The number of carbonyl (C=O) groups excluding carboxylic acids is 1. The maximum Gasteiger partial charge on any atom is 0.241 e. The lowest BCUT2D eigenvalue weighted by Crippen LogP contribution is -2.29. The summed E-state index contributed by atoms with van der Waals surface area (Å²) >= 11 is 0. The Bertz CT molecular complexity index is 953. The number of sulfonamides is 1. The van der Waals surface area contributed by atoms with Crippen LogP contribution in [-0.4, -0.2) is 20.9 Å². The molecule has 0 heterocycles. The molecule has 7 heteroatoms. The van der Waals surface area contributed by atoms with Crippen molar-refractivity contribution < 1.29 is 13.2 Å². The van der Waals surface area contributed by atoms with Gasteiger partial charge in [0.15, 0.2) is 0 Å². The monoisotopic (exact) mass is 389 g/mol. The van der Waals surface area contributed by atoms with Crippen LogP contribution in [-0.2, 0) is 14.8 Å². The molecule has 0 aliphatic heterocycles. The summed E-state index contributed by atoms with van der Waals surface area (Å²) in [5.74, 6) is -0.305. The van der Waals surface area contributed by atoms with Crippen LogP contribution in [0.2, 0.25) is 0 Å². The lowest BCUT2D eigenvalue weighted by Gasteiger charge is -2.19. The molecule has 4 N–H and O–H groups in total. The fourth-order valence-corrected chi connectivity index (χ4v) is 4.69. The molecule has 2 aromatic rings. The number of hydrogen-bond donors (Lipinski definition) is 3. The molecule has 0 unspecified atom stereocenters. The Hall–Kier alpha value is -2.38.